The number of nitrogens with zero attached hydrogens (tertiary/aromatic N) is 2. The summed E-state index contributed by atoms with van der Waals surface area (Å²) in [5.41, 5.74) is 1.99. The summed E-state index contributed by atoms with van der Waals surface area (Å²) in [5, 5.41) is 11.0. The smallest absolute Gasteiger partial charge is 0.270 e. The van der Waals surface area contributed by atoms with Crippen LogP contribution < -0.4 is 9.62 Å². The van der Waals surface area contributed by atoms with Crippen LogP contribution >= 0.6 is 0 Å². The van der Waals surface area contributed by atoms with E-state index in [0.29, 0.717) is 37.2 Å². The number of nitro groups is 1. The summed E-state index contributed by atoms with van der Waals surface area (Å²) in [6.07, 6.45) is 1.76. The summed E-state index contributed by atoms with van der Waals surface area (Å²) in [6, 6.07) is 8.74. The van der Waals surface area contributed by atoms with Gasteiger partial charge < -0.3 is 9.64 Å². The molecule has 1 amide bonds. The maximum absolute atomic E-state index is 12.9. The number of hydrogen-bond donors (Lipinski definition) is 1. The Bertz CT molecular complexity index is 1130. The van der Waals surface area contributed by atoms with E-state index < -0.39 is 21.1 Å². The highest BCUT2D eigenvalue weighted by molar-refractivity contribution is 7.92. The second-order valence-corrected chi connectivity index (χ2v) is 9.05. The van der Waals surface area contributed by atoms with Crippen molar-refractivity contribution in [2.45, 2.75) is 37.2 Å². The Hall–Kier alpha value is -2.98. The first-order valence-electron chi connectivity index (χ1n) is 9.60. The van der Waals surface area contributed by atoms with E-state index in [2.05, 4.69) is 4.72 Å². The Balaban J connectivity index is 1.62. The van der Waals surface area contributed by atoms with Crippen molar-refractivity contribution in [2.75, 3.05) is 22.8 Å². The molecular formula is C20H21N3O6S. The molecule has 2 heterocycles. The molecule has 1 fully saturated rings. The van der Waals surface area contributed by atoms with Gasteiger partial charge in [0.2, 0.25) is 0 Å². The lowest BCUT2D eigenvalue weighted by molar-refractivity contribution is -0.385. The Labute approximate surface area is 173 Å². The molecule has 2 aromatic carbocycles. The Kier molecular flexibility index (Phi) is 5.20. The van der Waals surface area contributed by atoms with Gasteiger partial charge in [0.25, 0.3) is 21.6 Å². The molecule has 158 valence electrons. The normalized spacial score (nSPS) is 18.3. The van der Waals surface area contributed by atoms with Crippen LogP contribution in [-0.2, 0) is 26.0 Å². The fourth-order valence-corrected chi connectivity index (χ4v) is 5.13. The van der Waals surface area contributed by atoms with Crippen LogP contribution in [0.1, 0.15) is 24.0 Å². The van der Waals surface area contributed by atoms with Gasteiger partial charge in [-0.05, 0) is 49.4 Å². The average molecular weight is 431 g/mol. The number of hydrogen-bond acceptors (Lipinski definition) is 6. The zero-order valence-electron chi connectivity index (χ0n) is 16.3. The quantitative estimate of drug-likeness (QED) is 0.574. The molecular weight excluding hydrogens is 410 g/mol. The lowest BCUT2D eigenvalue weighted by Gasteiger charge is -2.21. The molecule has 0 bridgehead atoms. The SMILES string of the molecule is Cc1ccc([N+](=O)[O-])cc1S(=O)(=O)Nc1ccc2c(c1)N(C(=O)C1CCCO1)CC2. The van der Waals surface area contributed by atoms with Crippen LogP contribution in [0.5, 0.6) is 0 Å². The molecule has 0 spiro atoms. The summed E-state index contributed by atoms with van der Waals surface area (Å²) >= 11 is 0. The van der Waals surface area contributed by atoms with Gasteiger partial charge in [-0.25, -0.2) is 8.42 Å². The first-order chi connectivity index (χ1) is 14.3. The zero-order valence-corrected chi connectivity index (χ0v) is 17.1. The summed E-state index contributed by atoms with van der Waals surface area (Å²) < 4.78 is 33.8. The molecule has 2 aliphatic rings. The third kappa shape index (κ3) is 3.75. The number of aryl methyl sites for hydroxylation is 1. The third-order valence-electron chi connectivity index (χ3n) is 5.38. The second-order valence-electron chi connectivity index (χ2n) is 7.40. The monoisotopic (exact) mass is 431 g/mol. The van der Waals surface area contributed by atoms with Gasteiger partial charge in [0.15, 0.2) is 0 Å². The molecule has 0 aromatic heterocycles. The predicted molar refractivity (Wildman–Crippen MR) is 110 cm³/mol. The van der Waals surface area contributed by atoms with Crippen LogP contribution in [-0.4, -0.2) is 38.5 Å². The molecule has 0 aliphatic carbocycles. The van der Waals surface area contributed by atoms with E-state index >= 15 is 0 Å². The number of carbonyl (C=O) groups is 1. The molecule has 1 atom stereocenters. The summed E-state index contributed by atoms with van der Waals surface area (Å²) in [5.74, 6) is -0.110. The van der Waals surface area contributed by atoms with Crippen molar-refractivity contribution in [2.24, 2.45) is 0 Å². The minimum atomic E-state index is -4.05. The average Bonchev–Trinajstić information content (AvgIpc) is 3.37. The number of nitrogens with one attached hydrogen (secondary N) is 1. The van der Waals surface area contributed by atoms with Crippen molar-refractivity contribution >= 4 is 33.0 Å². The number of carbonyl (C=O) groups excluding carboxylic acids is 1. The van der Waals surface area contributed by atoms with Gasteiger partial charge in [0, 0.05) is 31.0 Å². The van der Waals surface area contributed by atoms with Crippen LogP contribution in [0.15, 0.2) is 41.3 Å². The lowest BCUT2D eigenvalue weighted by atomic mass is 10.1. The zero-order chi connectivity index (χ0) is 21.5. The lowest BCUT2D eigenvalue weighted by Crippen LogP contribution is -2.37. The maximum atomic E-state index is 12.9. The van der Waals surface area contributed by atoms with Crippen LogP contribution in [0, 0.1) is 17.0 Å². The van der Waals surface area contributed by atoms with Crippen molar-refractivity contribution < 1.29 is 22.9 Å². The molecule has 2 aromatic rings. The molecule has 0 saturated carbocycles. The highest BCUT2D eigenvalue weighted by Gasteiger charge is 2.33. The van der Waals surface area contributed by atoms with Gasteiger partial charge in [-0.2, -0.15) is 0 Å². The van der Waals surface area contributed by atoms with E-state index in [1.165, 1.54) is 12.1 Å². The predicted octanol–water partition coefficient (Wildman–Crippen LogP) is 2.77. The molecule has 10 heteroatoms. The fraction of sp³-hybridized carbons (Fsp3) is 0.350. The van der Waals surface area contributed by atoms with Crippen LogP contribution in [0.25, 0.3) is 0 Å². The number of non-ortho nitro benzene ring substituents is 1. The molecule has 30 heavy (non-hydrogen) atoms. The van der Waals surface area contributed by atoms with Crippen molar-refractivity contribution in [1.29, 1.82) is 0 Å². The molecule has 1 unspecified atom stereocenters. The van der Waals surface area contributed by atoms with Crippen molar-refractivity contribution in [3.8, 4) is 0 Å². The van der Waals surface area contributed by atoms with Crippen LogP contribution in [0.4, 0.5) is 17.1 Å². The largest absolute Gasteiger partial charge is 0.368 e. The number of fused-ring (bicyclic) bond motifs is 1. The Morgan fingerprint density at radius 3 is 2.77 bits per heavy atom. The number of nitro benzene ring substituents is 1. The number of sulfonamides is 1. The van der Waals surface area contributed by atoms with Crippen molar-refractivity contribution in [3.05, 3.63) is 57.6 Å². The van der Waals surface area contributed by atoms with Crippen molar-refractivity contribution in [1.82, 2.24) is 0 Å². The fourth-order valence-electron chi connectivity index (χ4n) is 3.82. The van der Waals surface area contributed by atoms with Gasteiger partial charge in [0.05, 0.1) is 15.5 Å². The highest BCUT2D eigenvalue weighted by Crippen LogP contribution is 2.33. The van der Waals surface area contributed by atoms with E-state index in [1.807, 2.05) is 0 Å². The minimum Gasteiger partial charge on any atom is -0.368 e. The molecule has 4 rings (SSSR count). The molecule has 2 aliphatic heterocycles. The summed E-state index contributed by atoms with van der Waals surface area (Å²) in [6.45, 7) is 2.66. The second kappa shape index (κ2) is 7.69. The van der Waals surface area contributed by atoms with E-state index in [-0.39, 0.29) is 22.2 Å². The van der Waals surface area contributed by atoms with E-state index in [4.69, 9.17) is 4.74 Å². The number of rotatable bonds is 5. The maximum Gasteiger partial charge on any atom is 0.270 e. The summed E-state index contributed by atoms with van der Waals surface area (Å²) in [7, 11) is -4.05. The van der Waals surface area contributed by atoms with E-state index in [9.17, 15) is 23.3 Å². The topological polar surface area (TPSA) is 119 Å². The van der Waals surface area contributed by atoms with Crippen LogP contribution in [0.2, 0.25) is 0 Å². The molecule has 1 saturated heterocycles. The number of benzene rings is 2. The van der Waals surface area contributed by atoms with Crippen molar-refractivity contribution in [3.63, 3.8) is 0 Å². The summed E-state index contributed by atoms with van der Waals surface area (Å²) in [4.78, 5) is 24.6. The van der Waals surface area contributed by atoms with Gasteiger partial charge in [-0.15, -0.1) is 0 Å². The highest BCUT2D eigenvalue weighted by atomic mass is 32.2. The van der Waals surface area contributed by atoms with Gasteiger partial charge in [0.1, 0.15) is 6.10 Å². The van der Waals surface area contributed by atoms with E-state index in [1.54, 1.807) is 30.0 Å². The van der Waals surface area contributed by atoms with Gasteiger partial charge >= 0.3 is 0 Å². The molecule has 1 N–H and O–H groups in total. The number of anilines is 2. The van der Waals surface area contributed by atoms with Gasteiger partial charge in [-0.3, -0.25) is 19.6 Å². The molecule has 0 radical (unpaired) electrons. The van der Waals surface area contributed by atoms with Gasteiger partial charge in [-0.1, -0.05) is 12.1 Å². The Morgan fingerprint density at radius 1 is 1.27 bits per heavy atom. The third-order valence-corrected chi connectivity index (χ3v) is 6.90. The first kappa shape index (κ1) is 20.3. The Morgan fingerprint density at radius 2 is 2.07 bits per heavy atom. The number of amides is 1. The minimum absolute atomic E-state index is 0.110. The first-order valence-corrected chi connectivity index (χ1v) is 11.1. The standard InChI is InChI=1S/C20H21N3O6S/c1-13-4-7-16(23(25)26)12-19(13)30(27,28)21-15-6-5-14-8-9-22(17(14)11-15)20(24)18-3-2-10-29-18/h4-7,11-12,18,21H,2-3,8-10H2,1H3. The number of ether oxygens (including phenoxy) is 1. The molecule has 9 nitrogen and oxygen atoms in total. The van der Waals surface area contributed by atoms with Crippen LogP contribution in [0.3, 0.4) is 0 Å². The van der Waals surface area contributed by atoms with E-state index in [0.717, 1.165) is 18.1 Å².